The molecule has 3 heterocycles. The lowest BCUT2D eigenvalue weighted by atomic mass is 9.95. The molecule has 1 aliphatic carbocycles. The first-order valence-electron chi connectivity index (χ1n) is 12.6. The van der Waals surface area contributed by atoms with Crippen LogP contribution in [0.25, 0.3) is 27.8 Å². The third-order valence-electron chi connectivity index (χ3n) is 6.99. The van der Waals surface area contributed by atoms with Gasteiger partial charge in [-0.05, 0) is 54.8 Å². The van der Waals surface area contributed by atoms with E-state index in [9.17, 15) is 0 Å². The van der Waals surface area contributed by atoms with Crippen LogP contribution in [0, 0.1) is 0 Å². The molecule has 7 heteroatoms. The molecule has 0 atom stereocenters. The number of rotatable bonds is 7. The zero-order valence-electron chi connectivity index (χ0n) is 20.5. The number of aromatic nitrogens is 5. The number of anilines is 1. The van der Waals surface area contributed by atoms with Crippen molar-refractivity contribution in [2.75, 3.05) is 12.4 Å². The molecule has 1 saturated carbocycles. The first-order chi connectivity index (χ1) is 17.8. The molecule has 0 radical (unpaired) electrons. The fraction of sp³-hybridized carbons (Fsp3) is 0.276. The highest BCUT2D eigenvalue weighted by Gasteiger charge is 2.21. The Hall–Kier alpha value is -4.13. The van der Waals surface area contributed by atoms with Gasteiger partial charge in [0, 0.05) is 30.2 Å². The Morgan fingerprint density at radius 2 is 1.83 bits per heavy atom. The lowest BCUT2D eigenvalue weighted by molar-refractivity contribution is 0.414. The summed E-state index contributed by atoms with van der Waals surface area (Å²) in [5.74, 6) is 1.77. The Kier molecular flexibility index (Phi) is 6.11. The molecule has 1 fully saturated rings. The Bertz CT molecular complexity index is 1450. The maximum absolute atomic E-state index is 5.34. The molecule has 0 unspecified atom stereocenters. The molecule has 3 aromatic heterocycles. The Morgan fingerprint density at radius 1 is 0.972 bits per heavy atom. The van der Waals surface area contributed by atoms with Crippen LogP contribution in [0.2, 0.25) is 0 Å². The van der Waals surface area contributed by atoms with E-state index in [1.54, 1.807) is 13.3 Å². The fourth-order valence-electron chi connectivity index (χ4n) is 5.12. The molecule has 0 bridgehead atoms. The van der Waals surface area contributed by atoms with Gasteiger partial charge in [0.05, 0.1) is 30.2 Å². The van der Waals surface area contributed by atoms with Crippen molar-refractivity contribution in [3.63, 3.8) is 0 Å². The highest BCUT2D eigenvalue weighted by molar-refractivity contribution is 6.01. The van der Waals surface area contributed by atoms with Crippen LogP contribution in [0.3, 0.4) is 0 Å². The molecule has 6 rings (SSSR count). The van der Waals surface area contributed by atoms with E-state index in [4.69, 9.17) is 14.8 Å². The van der Waals surface area contributed by atoms with Crippen LogP contribution in [0.15, 0.2) is 79.3 Å². The Morgan fingerprint density at radius 3 is 2.61 bits per heavy atom. The zero-order chi connectivity index (χ0) is 24.3. The lowest BCUT2D eigenvalue weighted by Gasteiger charge is -2.23. The molecular weight excluding hydrogens is 448 g/mol. The molecule has 182 valence electrons. The van der Waals surface area contributed by atoms with Gasteiger partial charge in [0.1, 0.15) is 17.3 Å². The van der Waals surface area contributed by atoms with Crippen molar-refractivity contribution in [3.8, 4) is 22.7 Å². The molecule has 36 heavy (non-hydrogen) atoms. The predicted molar refractivity (Wildman–Crippen MR) is 143 cm³/mol. The smallest absolute Gasteiger partial charge is 0.137 e. The quantitative estimate of drug-likeness (QED) is 0.307. The van der Waals surface area contributed by atoms with Gasteiger partial charge < -0.3 is 10.1 Å². The van der Waals surface area contributed by atoms with Gasteiger partial charge >= 0.3 is 0 Å². The number of hydrogen-bond donors (Lipinski definition) is 1. The van der Waals surface area contributed by atoms with Crippen molar-refractivity contribution in [2.45, 2.75) is 44.7 Å². The third-order valence-corrected chi connectivity index (χ3v) is 6.99. The van der Waals surface area contributed by atoms with Crippen molar-refractivity contribution in [2.24, 2.45) is 0 Å². The average Bonchev–Trinajstić information content (AvgIpc) is 3.60. The lowest BCUT2D eigenvalue weighted by Crippen LogP contribution is -2.22. The molecule has 1 N–H and O–H groups in total. The number of methoxy groups -OCH3 is 1. The molecule has 0 aliphatic heterocycles. The number of ether oxygens (including phenoxy) is 1. The Labute approximate surface area is 210 Å². The van der Waals surface area contributed by atoms with Crippen LogP contribution in [0.5, 0.6) is 5.75 Å². The fourth-order valence-corrected chi connectivity index (χ4v) is 5.12. The Balaban J connectivity index is 1.46. The topological polar surface area (TPSA) is 69.8 Å². The van der Waals surface area contributed by atoms with E-state index in [0.717, 1.165) is 45.0 Å². The van der Waals surface area contributed by atoms with Gasteiger partial charge in [-0.15, -0.1) is 0 Å². The van der Waals surface area contributed by atoms with E-state index in [-0.39, 0.29) is 0 Å². The number of benzene rings is 2. The van der Waals surface area contributed by atoms with E-state index in [1.165, 1.54) is 32.1 Å². The van der Waals surface area contributed by atoms with Gasteiger partial charge in [0.2, 0.25) is 0 Å². The predicted octanol–water partition coefficient (Wildman–Crippen LogP) is 6.09. The second kappa shape index (κ2) is 9.85. The first-order valence-corrected chi connectivity index (χ1v) is 12.6. The number of hydrogen-bond acceptors (Lipinski definition) is 5. The minimum atomic E-state index is 0.449. The molecule has 5 aromatic rings. The number of nitrogens with one attached hydrogen (secondary N) is 1. The standard InChI is InChI=1S/C29H30N6O/c1-36-25-13-11-21(12-14-25)20-35-26-15-17-30-29(32-23-8-3-2-4-9-23)27(26)28(33-35)22-7-5-10-24(19-22)34-18-6-16-31-34/h5-7,10-19,23H,2-4,8-9,20H2,1H3,(H,30,32). The number of nitrogens with zero attached hydrogens (tertiary/aromatic N) is 5. The molecule has 1 aliphatic rings. The summed E-state index contributed by atoms with van der Waals surface area (Å²) in [7, 11) is 1.69. The summed E-state index contributed by atoms with van der Waals surface area (Å²) in [5, 5.41) is 14.4. The van der Waals surface area contributed by atoms with Gasteiger partial charge in [0.25, 0.3) is 0 Å². The zero-order valence-corrected chi connectivity index (χ0v) is 20.5. The summed E-state index contributed by atoms with van der Waals surface area (Å²) in [6.07, 6.45) is 11.9. The van der Waals surface area contributed by atoms with Gasteiger partial charge in [0.15, 0.2) is 0 Å². The van der Waals surface area contributed by atoms with Crippen molar-refractivity contribution in [1.82, 2.24) is 24.5 Å². The number of pyridine rings is 1. The minimum absolute atomic E-state index is 0.449. The van der Waals surface area contributed by atoms with Gasteiger partial charge in [-0.2, -0.15) is 10.2 Å². The van der Waals surface area contributed by atoms with Crippen molar-refractivity contribution in [1.29, 1.82) is 0 Å². The average molecular weight is 479 g/mol. The maximum atomic E-state index is 5.34. The second-order valence-corrected chi connectivity index (χ2v) is 9.39. The molecule has 7 nitrogen and oxygen atoms in total. The summed E-state index contributed by atoms with van der Waals surface area (Å²) in [4.78, 5) is 4.80. The summed E-state index contributed by atoms with van der Waals surface area (Å²) >= 11 is 0. The van der Waals surface area contributed by atoms with E-state index < -0.39 is 0 Å². The van der Waals surface area contributed by atoms with Crippen molar-refractivity contribution in [3.05, 3.63) is 84.8 Å². The van der Waals surface area contributed by atoms with E-state index >= 15 is 0 Å². The van der Waals surface area contributed by atoms with E-state index in [1.807, 2.05) is 35.3 Å². The molecule has 0 amide bonds. The monoisotopic (exact) mass is 478 g/mol. The second-order valence-electron chi connectivity index (χ2n) is 9.39. The van der Waals surface area contributed by atoms with E-state index in [2.05, 4.69) is 57.6 Å². The highest BCUT2D eigenvalue weighted by Crippen LogP contribution is 2.35. The van der Waals surface area contributed by atoms with Crippen LogP contribution in [0.4, 0.5) is 5.82 Å². The number of fused-ring (bicyclic) bond motifs is 1. The van der Waals surface area contributed by atoms with Crippen LogP contribution < -0.4 is 10.1 Å². The van der Waals surface area contributed by atoms with Gasteiger partial charge in [-0.1, -0.05) is 43.5 Å². The van der Waals surface area contributed by atoms with Gasteiger partial charge in [-0.25, -0.2) is 9.67 Å². The summed E-state index contributed by atoms with van der Waals surface area (Å²) in [6, 6.07) is 21.0. The highest BCUT2D eigenvalue weighted by atomic mass is 16.5. The first kappa shape index (κ1) is 22.3. The molecular formula is C29H30N6O. The largest absolute Gasteiger partial charge is 0.497 e. The molecule has 0 saturated heterocycles. The van der Waals surface area contributed by atoms with Crippen molar-refractivity contribution < 1.29 is 4.74 Å². The molecule has 0 spiro atoms. The molecule has 2 aromatic carbocycles. The minimum Gasteiger partial charge on any atom is -0.497 e. The van der Waals surface area contributed by atoms with Crippen LogP contribution in [0.1, 0.15) is 37.7 Å². The van der Waals surface area contributed by atoms with E-state index in [0.29, 0.717) is 12.6 Å². The maximum Gasteiger partial charge on any atom is 0.137 e. The summed E-state index contributed by atoms with van der Waals surface area (Å²) in [6.45, 7) is 0.659. The summed E-state index contributed by atoms with van der Waals surface area (Å²) in [5.41, 5.74) is 5.20. The van der Waals surface area contributed by atoms with Crippen LogP contribution >= 0.6 is 0 Å². The summed E-state index contributed by atoms with van der Waals surface area (Å²) < 4.78 is 9.29. The SMILES string of the molecule is COc1ccc(Cn2nc(-c3cccc(-n4cccn4)c3)c3c(NC4CCCCC4)nccc32)cc1. The van der Waals surface area contributed by atoms with Gasteiger partial charge in [-0.3, -0.25) is 4.68 Å². The third kappa shape index (κ3) is 4.44. The normalized spacial score (nSPS) is 14.2. The van der Waals surface area contributed by atoms with Crippen LogP contribution in [-0.4, -0.2) is 37.7 Å². The van der Waals surface area contributed by atoms with Crippen molar-refractivity contribution >= 4 is 16.7 Å². The van der Waals surface area contributed by atoms with Crippen LogP contribution in [-0.2, 0) is 6.54 Å².